The number of benzene rings is 2. The summed E-state index contributed by atoms with van der Waals surface area (Å²) in [6.07, 6.45) is 0.291. The number of carbonyl (C=O) groups excluding carboxylic acids is 2. The van der Waals surface area contributed by atoms with Crippen molar-refractivity contribution >= 4 is 34.2 Å². The van der Waals surface area contributed by atoms with Crippen molar-refractivity contribution in [3.63, 3.8) is 0 Å². The molecule has 2 aromatic carbocycles. The van der Waals surface area contributed by atoms with Crippen molar-refractivity contribution in [2.45, 2.75) is 6.42 Å². The van der Waals surface area contributed by atoms with Crippen molar-refractivity contribution in [1.82, 2.24) is 10.6 Å². The summed E-state index contributed by atoms with van der Waals surface area (Å²) in [5.41, 5.74) is 0.639. The zero-order valence-corrected chi connectivity index (χ0v) is 12.3. The van der Waals surface area contributed by atoms with Gasteiger partial charge >= 0.3 is 0 Å². The molecule has 2 N–H and O–H groups in total. The van der Waals surface area contributed by atoms with Gasteiger partial charge in [0.1, 0.15) is 0 Å². The molecule has 0 fully saturated rings. The third-order valence-electron chi connectivity index (χ3n) is 3.09. The SMILES string of the molecule is O=C(CCCl)NCCNC(=O)c1cccc2ccccc12. The Morgan fingerprint density at radius 3 is 2.48 bits per heavy atom. The molecule has 21 heavy (non-hydrogen) atoms. The van der Waals surface area contributed by atoms with Crippen LogP contribution in [0.25, 0.3) is 10.8 Å². The van der Waals surface area contributed by atoms with Crippen LogP contribution in [0.5, 0.6) is 0 Å². The Kier molecular flexibility index (Phi) is 5.58. The molecule has 0 aliphatic heterocycles. The average Bonchev–Trinajstić information content (AvgIpc) is 2.51. The van der Waals surface area contributed by atoms with E-state index in [1.165, 1.54) is 0 Å². The summed E-state index contributed by atoms with van der Waals surface area (Å²) < 4.78 is 0. The van der Waals surface area contributed by atoms with E-state index in [0.29, 0.717) is 31.0 Å². The molecule has 110 valence electrons. The van der Waals surface area contributed by atoms with Gasteiger partial charge in [-0.2, -0.15) is 0 Å². The summed E-state index contributed by atoms with van der Waals surface area (Å²) >= 11 is 5.46. The smallest absolute Gasteiger partial charge is 0.251 e. The lowest BCUT2D eigenvalue weighted by Gasteiger charge is -2.08. The molecule has 2 aromatic rings. The minimum atomic E-state index is -0.140. The van der Waals surface area contributed by atoms with E-state index in [1.807, 2.05) is 36.4 Å². The van der Waals surface area contributed by atoms with Crippen LogP contribution in [0.3, 0.4) is 0 Å². The van der Waals surface area contributed by atoms with Crippen LogP contribution in [0.4, 0.5) is 0 Å². The number of amides is 2. The Labute approximate surface area is 128 Å². The van der Waals surface area contributed by atoms with Gasteiger partial charge in [0.05, 0.1) is 0 Å². The molecule has 0 aliphatic rings. The molecule has 0 atom stereocenters. The van der Waals surface area contributed by atoms with Gasteiger partial charge in [-0.3, -0.25) is 9.59 Å². The van der Waals surface area contributed by atoms with Gasteiger partial charge in [-0.15, -0.1) is 11.6 Å². The topological polar surface area (TPSA) is 58.2 Å². The molecule has 0 spiro atoms. The van der Waals surface area contributed by atoms with Crippen LogP contribution in [-0.2, 0) is 4.79 Å². The van der Waals surface area contributed by atoms with E-state index in [2.05, 4.69) is 10.6 Å². The van der Waals surface area contributed by atoms with Gasteiger partial charge < -0.3 is 10.6 Å². The molecule has 0 bridgehead atoms. The highest BCUT2D eigenvalue weighted by molar-refractivity contribution is 6.18. The van der Waals surface area contributed by atoms with Gasteiger partial charge in [0.2, 0.25) is 5.91 Å². The summed E-state index contributed by atoms with van der Waals surface area (Å²) in [5.74, 6) is 0.0524. The highest BCUT2D eigenvalue weighted by Gasteiger charge is 2.08. The molecular weight excluding hydrogens is 288 g/mol. The maximum Gasteiger partial charge on any atom is 0.251 e. The number of alkyl halides is 1. The molecule has 5 heteroatoms. The lowest BCUT2D eigenvalue weighted by atomic mass is 10.0. The van der Waals surface area contributed by atoms with E-state index in [9.17, 15) is 9.59 Å². The maximum atomic E-state index is 12.2. The largest absolute Gasteiger partial charge is 0.354 e. The summed E-state index contributed by atoms with van der Waals surface area (Å²) in [7, 11) is 0. The van der Waals surface area contributed by atoms with Gasteiger partial charge in [-0.05, 0) is 16.8 Å². The molecule has 0 radical (unpaired) electrons. The molecular formula is C16H17ClN2O2. The third-order valence-corrected chi connectivity index (χ3v) is 3.28. The maximum absolute atomic E-state index is 12.2. The lowest BCUT2D eigenvalue weighted by Crippen LogP contribution is -2.34. The monoisotopic (exact) mass is 304 g/mol. The van der Waals surface area contributed by atoms with Crippen LogP contribution in [-0.4, -0.2) is 30.8 Å². The summed E-state index contributed by atoms with van der Waals surface area (Å²) in [6.45, 7) is 0.780. The number of hydrogen-bond acceptors (Lipinski definition) is 2. The van der Waals surface area contributed by atoms with Crippen LogP contribution >= 0.6 is 11.6 Å². The summed E-state index contributed by atoms with van der Waals surface area (Å²) in [6, 6.07) is 13.4. The van der Waals surface area contributed by atoms with Crippen molar-refractivity contribution in [1.29, 1.82) is 0 Å². The molecule has 4 nitrogen and oxygen atoms in total. The highest BCUT2D eigenvalue weighted by Crippen LogP contribution is 2.18. The third kappa shape index (κ3) is 4.20. The molecule has 0 heterocycles. The molecule has 0 saturated carbocycles. The van der Waals surface area contributed by atoms with Crippen molar-refractivity contribution in [2.24, 2.45) is 0 Å². The zero-order valence-electron chi connectivity index (χ0n) is 11.6. The predicted octanol–water partition coefficient (Wildman–Crippen LogP) is 2.31. The van der Waals surface area contributed by atoms with Crippen molar-refractivity contribution in [3.05, 3.63) is 48.0 Å². The number of carbonyl (C=O) groups is 2. The first-order valence-electron chi connectivity index (χ1n) is 6.81. The van der Waals surface area contributed by atoms with Gasteiger partial charge in [-0.25, -0.2) is 0 Å². The van der Waals surface area contributed by atoms with E-state index in [1.54, 1.807) is 6.07 Å². The Balaban J connectivity index is 1.92. The first-order chi connectivity index (χ1) is 10.2. The predicted molar refractivity (Wildman–Crippen MR) is 84.6 cm³/mol. The van der Waals surface area contributed by atoms with Crippen molar-refractivity contribution in [3.8, 4) is 0 Å². The quantitative estimate of drug-likeness (QED) is 0.635. The first-order valence-corrected chi connectivity index (χ1v) is 7.34. The second-order valence-corrected chi connectivity index (χ2v) is 4.95. The number of rotatable bonds is 6. The van der Waals surface area contributed by atoms with E-state index in [0.717, 1.165) is 10.8 Å². The van der Waals surface area contributed by atoms with E-state index in [-0.39, 0.29) is 11.8 Å². The van der Waals surface area contributed by atoms with E-state index >= 15 is 0 Å². The molecule has 0 unspecified atom stereocenters. The normalized spacial score (nSPS) is 10.3. The summed E-state index contributed by atoms with van der Waals surface area (Å²) in [4.78, 5) is 23.4. The van der Waals surface area contributed by atoms with Crippen LogP contribution in [0.1, 0.15) is 16.8 Å². The van der Waals surface area contributed by atoms with Crippen molar-refractivity contribution in [2.75, 3.05) is 19.0 Å². The minimum absolute atomic E-state index is 0.107. The Bertz CT molecular complexity index is 638. The molecule has 0 aliphatic carbocycles. The van der Waals surface area contributed by atoms with Crippen LogP contribution in [0.15, 0.2) is 42.5 Å². The molecule has 2 rings (SSSR count). The highest BCUT2D eigenvalue weighted by atomic mass is 35.5. The van der Waals surface area contributed by atoms with Crippen molar-refractivity contribution < 1.29 is 9.59 Å². The van der Waals surface area contributed by atoms with Crippen LogP contribution in [0, 0.1) is 0 Å². The second-order valence-electron chi connectivity index (χ2n) is 4.57. The Morgan fingerprint density at radius 2 is 1.67 bits per heavy atom. The van der Waals surface area contributed by atoms with E-state index in [4.69, 9.17) is 11.6 Å². The fraction of sp³-hybridized carbons (Fsp3) is 0.250. The minimum Gasteiger partial charge on any atom is -0.354 e. The number of nitrogens with one attached hydrogen (secondary N) is 2. The molecule has 0 aromatic heterocycles. The van der Waals surface area contributed by atoms with Gasteiger partial charge in [0.25, 0.3) is 5.91 Å². The van der Waals surface area contributed by atoms with Gasteiger partial charge in [0, 0.05) is 31.0 Å². The molecule has 0 saturated heterocycles. The van der Waals surface area contributed by atoms with Crippen LogP contribution in [0.2, 0.25) is 0 Å². The number of halogens is 1. The lowest BCUT2D eigenvalue weighted by molar-refractivity contribution is -0.120. The van der Waals surface area contributed by atoms with Crippen LogP contribution < -0.4 is 10.6 Å². The number of hydrogen-bond donors (Lipinski definition) is 2. The fourth-order valence-electron chi connectivity index (χ4n) is 2.07. The van der Waals surface area contributed by atoms with E-state index < -0.39 is 0 Å². The number of fused-ring (bicyclic) bond motifs is 1. The zero-order chi connectivity index (χ0) is 15.1. The second kappa shape index (κ2) is 7.64. The Hall–Kier alpha value is -2.07. The average molecular weight is 305 g/mol. The summed E-state index contributed by atoms with van der Waals surface area (Å²) in [5, 5.41) is 7.44. The van der Waals surface area contributed by atoms with Gasteiger partial charge in [-0.1, -0.05) is 36.4 Å². The molecule has 2 amide bonds. The first kappa shape index (κ1) is 15.3. The fourth-order valence-corrected chi connectivity index (χ4v) is 2.24. The van der Waals surface area contributed by atoms with Gasteiger partial charge in [0.15, 0.2) is 0 Å². The Morgan fingerprint density at radius 1 is 0.952 bits per heavy atom. The standard InChI is InChI=1S/C16H17ClN2O2/c17-9-8-15(20)18-10-11-19-16(21)14-7-3-5-12-4-1-2-6-13(12)14/h1-7H,8-11H2,(H,18,20)(H,19,21).